The van der Waals surface area contributed by atoms with Crippen molar-refractivity contribution in [2.75, 3.05) is 18.5 Å². The maximum absolute atomic E-state index is 10.5. The smallest absolute Gasteiger partial charge is 0.332 e. The molecule has 1 aromatic carbocycles. The molecule has 0 saturated carbocycles. The Kier molecular flexibility index (Phi) is 3.29. The number of hydrogen-bond acceptors (Lipinski definition) is 2. The van der Waals surface area contributed by atoms with Crippen molar-refractivity contribution in [3.8, 4) is 0 Å². The zero-order valence-electron chi connectivity index (χ0n) is 8.10. The van der Waals surface area contributed by atoms with Crippen LogP contribution in [0, 0.1) is 0 Å². The Morgan fingerprint density at radius 1 is 1.43 bits per heavy atom. The molecule has 0 aliphatic rings. The number of para-hydroxylation sites is 1. The van der Waals surface area contributed by atoms with Crippen molar-refractivity contribution in [3.05, 3.63) is 42.5 Å². The zero-order valence-corrected chi connectivity index (χ0v) is 8.10. The first-order valence-corrected chi connectivity index (χ1v) is 4.28. The first kappa shape index (κ1) is 10.3. The Balaban J connectivity index is 2.64. The number of likely N-dealkylation sites (N-methyl/N-ethyl adjacent to an activating group) is 1. The molecule has 14 heavy (non-hydrogen) atoms. The molecule has 0 amide bonds. The first-order chi connectivity index (χ1) is 6.61. The monoisotopic (exact) mass is 191 g/mol. The highest BCUT2D eigenvalue weighted by Gasteiger charge is 2.07. The number of nitrogens with zero attached hydrogens (tertiary/aromatic N) is 1. The molecule has 0 radical (unpaired) electrons. The van der Waals surface area contributed by atoms with E-state index in [9.17, 15) is 4.79 Å². The van der Waals surface area contributed by atoms with Gasteiger partial charge in [0.15, 0.2) is 0 Å². The van der Waals surface area contributed by atoms with Crippen molar-refractivity contribution in [2.45, 2.75) is 0 Å². The number of benzene rings is 1. The number of anilines is 1. The van der Waals surface area contributed by atoms with Crippen molar-refractivity contribution < 1.29 is 9.90 Å². The third-order valence-corrected chi connectivity index (χ3v) is 1.93. The Morgan fingerprint density at radius 2 is 2.00 bits per heavy atom. The van der Waals surface area contributed by atoms with Gasteiger partial charge >= 0.3 is 5.97 Å². The lowest BCUT2D eigenvalue weighted by Crippen LogP contribution is -2.22. The fourth-order valence-corrected chi connectivity index (χ4v) is 1.13. The van der Waals surface area contributed by atoms with Gasteiger partial charge in [-0.15, -0.1) is 0 Å². The predicted molar refractivity (Wildman–Crippen MR) is 56.5 cm³/mol. The lowest BCUT2D eigenvalue weighted by atomic mass is 10.2. The molecule has 0 unspecified atom stereocenters. The predicted octanol–water partition coefficient (Wildman–Crippen LogP) is 1.76. The van der Waals surface area contributed by atoms with Crippen LogP contribution in [0.2, 0.25) is 0 Å². The molecule has 0 bridgehead atoms. The van der Waals surface area contributed by atoms with E-state index < -0.39 is 5.97 Å². The topological polar surface area (TPSA) is 40.5 Å². The average molecular weight is 191 g/mol. The molecule has 1 aromatic rings. The van der Waals surface area contributed by atoms with E-state index in [0.29, 0.717) is 6.54 Å². The summed E-state index contributed by atoms with van der Waals surface area (Å²) < 4.78 is 0. The fourth-order valence-electron chi connectivity index (χ4n) is 1.13. The summed E-state index contributed by atoms with van der Waals surface area (Å²) in [6.45, 7) is 3.81. The van der Waals surface area contributed by atoms with Crippen molar-refractivity contribution in [3.63, 3.8) is 0 Å². The molecule has 0 fully saturated rings. The van der Waals surface area contributed by atoms with Gasteiger partial charge < -0.3 is 10.0 Å². The van der Waals surface area contributed by atoms with Crippen LogP contribution in [0.5, 0.6) is 0 Å². The molecule has 3 heteroatoms. The number of carboxylic acid groups (broad SMARTS) is 1. The Labute approximate surface area is 83.3 Å². The van der Waals surface area contributed by atoms with E-state index in [2.05, 4.69) is 6.58 Å². The second kappa shape index (κ2) is 4.46. The van der Waals surface area contributed by atoms with Crippen molar-refractivity contribution >= 4 is 11.7 Å². The van der Waals surface area contributed by atoms with Crippen LogP contribution in [0.15, 0.2) is 42.5 Å². The number of carbonyl (C=O) groups is 1. The summed E-state index contributed by atoms with van der Waals surface area (Å²) in [4.78, 5) is 12.4. The summed E-state index contributed by atoms with van der Waals surface area (Å²) in [6.07, 6.45) is 0. The highest BCUT2D eigenvalue weighted by Crippen LogP contribution is 2.11. The van der Waals surface area contributed by atoms with Gasteiger partial charge in [-0.1, -0.05) is 24.8 Å². The summed E-state index contributed by atoms with van der Waals surface area (Å²) >= 11 is 0. The maximum Gasteiger partial charge on any atom is 0.332 e. The highest BCUT2D eigenvalue weighted by molar-refractivity contribution is 5.86. The standard InChI is InChI=1S/C11H13NO2/c1-9(11(13)14)8-12(2)10-6-4-3-5-7-10/h3-7H,1,8H2,2H3,(H,13,14). The molecule has 0 aromatic heterocycles. The average Bonchev–Trinajstić information content (AvgIpc) is 2.19. The summed E-state index contributed by atoms with van der Waals surface area (Å²) in [7, 11) is 1.84. The molecule has 0 spiro atoms. The van der Waals surface area contributed by atoms with E-state index in [0.717, 1.165) is 5.69 Å². The van der Waals surface area contributed by atoms with Crippen LogP contribution < -0.4 is 4.90 Å². The number of hydrogen-bond donors (Lipinski definition) is 1. The SMILES string of the molecule is C=C(CN(C)c1ccccc1)C(=O)O. The van der Waals surface area contributed by atoms with Gasteiger partial charge in [-0.05, 0) is 12.1 Å². The second-order valence-corrected chi connectivity index (χ2v) is 3.10. The lowest BCUT2D eigenvalue weighted by molar-refractivity contribution is -0.132. The summed E-state index contributed by atoms with van der Waals surface area (Å²) in [6, 6.07) is 9.60. The molecule has 0 saturated heterocycles. The normalized spacial score (nSPS) is 9.50. The molecule has 0 aliphatic heterocycles. The quantitative estimate of drug-likeness (QED) is 0.737. The van der Waals surface area contributed by atoms with Crippen LogP contribution in [0.4, 0.5) is 5.69 Å². The minimum atomic E-state index is -0.951. The van der Waals surface area contributed by atoms with Crippen LogP contribution in [0.3, 0.4) is 0 Å². The van der Waals surface area contributed by atoms with Gasteiger partial charge in [0.1, 0.15) is 0 Å². The number of rotatable bonds is 4. The molecule has 0 aliphatic carbocycles. The summed E-state index contributed by atoms with van der Waals surface area (Å²) in [5.74, 6) is -0.951. The van der Waals surface area contributed by atoms with Gasteiger partial charge in [0, 0.05) is 24.9 Å². The lowest BCUT2D eigenvalue weighted by Gasteiger charge is -2.18. The molecular weight excluding hydrogens is 178 g/mol. The third-order valence-electron chi connectivity index (χ3n) is 1.93. The van der Waals surface area contributed by atoms with E-state index in [1.54, 1.807) is 0 Å². The van der Waals surface area contributed by atoms with E-state index in [1.165, 1.54) is 0 Å². The van der Waals surface area contributed by atoms with Gasteiger partial charge in [0.25, 0.3) is 0 Å². The van der Waals surface area contributed by atoms with Crippen molar-refractivity contribution in [1.82, 2.24) is 0 Å². The van der Waals surface area contributed by atoms with Crippen LogP contribution in [0.1, 0.15) is 0 Å². The van der Waals surface area contributed by atoms with Gasteiger partial charge in [0.05, 0.1) is 0 Å². The fraction of sp³-hybridized carbons (Fsp3) is 0.182. The zero-order chi connectivity index (χ0) is 10.6. The van der Waals surface area contributed by atoms with Crippen LogP contribution in [0.25, 0.3) is 0 Å². The van der Waals surface area contributed by atoms with Crippen LogP contribution >= 0.6 is 0 Å². The van der Waals surface area contributed by atoms with Gasteiger partial charge in [-0.2, -0.15) is 0 Å². The van der Waals surface area contributed by atoms with Crippen molar-refractivity contribution in [1.29, 1.82) is 0 Å². The van der Waals surface area contributed by atoms with E-state index in [1.807, 2.05) is 42.3 Å². The van der Waals surface area contributed by atoms with E-state index >= 15 is 0 Å². The first-order valence-electron chi connectivity index (χ1n) is 4.28. The minimum absolute atomic E-state index is 0.191. The highest BCUT2D eigenvalue weighted by atomic mass is 16.4. The van der Waals surface area contributed by atoms with E-state index in [4.69, 9.17) is 5.11 Å². The van der Waals surface area contributed by atoms with Crippen LogP contribution in [-0.4, -0.2) is 24.7 Å². The third kappa shape index (κ3) is 2.62. The molecule has 1 N–H and O–H groups in total. The Bertz CT molecular complexity index is 332. The largest absolute Gasteiger partial charge is 0.478 e. The Morgan fingerprint density at radius 3 is 2.50 bits per heavy atom. The van der Waals surface area contributed by atoms with Gasteiger partial charge in [-0.25, -0.2) is 4.79 Å². The number of aliphatic carboxylic acids is 1. The minimum Gasteiger partial charge on any atom is -0.478 e. The number of carboxylic acids is 1. The molecule has 3 nitrogen and oxygen atoms in total. The molecule has 0 heterocycles. The van der Waals surface area contributed by atoms with Crippen LogP contribution in [-0.2, 0) is 4.79 Å². The second-order valence-electron chi connectivity index (χ2n) is 3.10. The summed E-state index contributed by atoms with van der Waals surface area (Å²) in [5.41, 5.74) is 1.17. The van der Waals surface area contributed by atoms with Crippen molar-refractivity contribution in [2.24, 2.45) is 0 Å². The van der Waals surface area contributed by atoms with Gasteiger partial charge in [0.2, 0.25) is 0 Å². The van der Waals surface area contributed by atoms with Gasteiger partial charge in [-0.3, -0.25) is 0 Å². The molecule has 0 atom stereocenters. The molecule has 1 rings (SSSR count). The summed E-state index contributed by atoms with van der Waals surface area (Å²) in [5, 5.41) is 8.65. The molecular formula is C11H13NO2. The molecule has 74 valence electrons. The maximum atomic E-state index is 10.5. The Hall–Kier alpha value is -1.77. The van der Waals surface area contributed by atoms with E-state index in [-0.39, 0.29) is 5.57 Å².